The fourth-order valence-corrected chi connectivity index (χ4v) is 3.72. The lowest BCUT2D eigenvalue weighted by atomic mass is 10.2. The van der Waals surface area contributed by atoms with Crippen LogP contribution in [0.25, 0.3) is 0 Å². The third-order valence-electron chi connectivity index (χ3n) is 3.21. The molecule has 0 radical (unpaired) electrons. The quantitative estimate of drug-likeness (QED) is 0.796. The van der Waals surface area contributed by atoms with E-state index in [-0.39, 0.29) is 5.75 Å². The van der Waals surface area contributed by atoms with Crippen LogP contribution in [-0.4, -0.2) is 8.42 Å². The summed E-state index contributed by atoms with van der Waals surface area (Å²) in [6.07, 6.45) is 0. The smallest absolute Gasteiger partial charge is 0.161 e. The van der Waals surface area contributed by atoms with Crippen LogP contribution in [0.2, 0.25) is 10.0 Å². The molecule has 0 saturated carbocycles. The van der Waals surface area contributed by atoms with Crippen molar-refractivity contribution in [1.29, 1.82) is 0 Å². The average molecular weight is 347 g/mol. The molecule has 0 aliphatic rings. The summed E-state index contributed by atoms with van der Waals surface area (Å²) in [7, 11) is -3.48. The second kappa shape index (κ2) is 6.34. The summed E-state index contributed by atoms with van der Waals surface area (Å²) < 4.78 is 38.0. The van der Waals surface area contributed by atoms with Crippen LogP contribution in [0, 0.1) is 5.82 Å². The zero-order chi connectivity index (χ0) is 15.6. The summed E-state index contributed by atoms with van der Waals surface area (Å²) in [5, 5.41) is -0.0762. The molecule has 0 aliphatic heterocycles. The summed E-state index contributed by atoms with van der Waals surface area (Å²) >= 11 is 11.7. The van der Waals surface area contributed by atoms with Crippen molar-refractivity contribution in [3.05, 3.63) is 69.5 Å². The van der Waals surface area contributed by atoms with Gasteiger partial charge in [-0.05, 0) is 42.3 Å². The van der Waals surface area contributed by atoms with Gasteiger partial charge in [0.15, 0.2) is 9.84 Å². The van der Waals surface area contributed by atoms with Crippen molar-refractivity contribution in [1.82, 2.24) is 0 Å². The fraction of sp³-hybridized carbons (Fsp3) is 0.200. The Morgan fingerprint density at radius 1 is 1.10 bits per heavy atom. The Morgan fingerprint density at radius 3 is 2.43 bits per heavy atom. The van der Waals surface area contributed by atoms with E-state index in [2.05, 4.69) is 0 Å². The van der Waals surface area contributed by atoms with Gasteiger partial charge in [-0.2, -0.15) is 0 Å². The highest BCUT2D eigenvalue weighted by Crippen LogP contribution is 2.30. The highest BCUT2D eigenvalue weighted by atomic mass is 35.5. The van der Waals surface area contributed by atoms with Crippen molar-refractivity contribution in [2.24, 2.45) is 0 Å². The largest absolute Gasteiger partial charge is 0.228 e. The summed E-state index contributed by atoms with van der Waals surface area (Å²) in [4.78, 5) is 0. The molecule has 0 aliphatic carbocycles. The molecule has 0 fully saturated rings. The molecule has 1 atom stereocenters. The first-order chi connectivity index (χ1) is 9.79. The summed E-state index contributed by atoms with van der Waals surface area (Å²) in [6, 6.07) is 10.3. The van der Waals surface area contributed by atoms with Gasteiger partial charge < -0.3 is 0 Å². The SMILES string of the molecule is CC(c1ccc(Cl)c(Cl)c1)S(=O)(=O)Cc1cccc(F)c1. The maximum atomic E-state index is 13.1. The first-order valence-corrected chi connectivity index (χ1v) is 8.67. The number of benzene rings is 2. The lowest BCUT2D eigenvalue weighted by molar-refractivity contribution is 0.585. The van der Waals surface area contributed by atoms with E-state index in [9.17, 15) is 12.8 Å². The second-order valence-electron chi connectivity index (χ2n) is 4.75. The van der Waals surface area contributed by atoms with Crippen LogP contribution < -0.4 is 0 Å². The Labute approximate surface area is 133 Å². The Morgan fingerprint density at radius 2 is 1.81 bits per heavy atom. The van der Waals surface area contributed by atoms with Crippen LogP contribution in [0.4, 0.5) is 4.39 Å². The molecule has 0 N–H and O–H groups in total. The van der Waals surface area contributed by atoms with Gasteiger partial charge >= 0.3 is 0 Å². The standard InChI is InChI=1S/C15H13Cl2FO2S/c1-10(12-5-6-14(16)15(17)8-12)21(19,20)9-11-3-2-4-13(18)7-11/h2-8,10H,9H2,1H3. The van der Waals surface area contributed by atoms with E-state index < -0.39 is 20.9 Å². The highest BCUT2D eigenvalue weighted by Gasteiger charge is 2.23. The molecule has 2 nitrogen and oxygen atoms in total. The molecular weight excluding hydrogens is 334 g/mol. The monoisotopic (exact) mass is 346 g/mol. The molecule has 0 amide bonds. The molecule has 112 valence electrons. The maximum absolute atomic E-state index is 13.1. The van der Waals surface area contributed by atoms with E-state index in [1.165, 1.54) is 24.3 Å². The van der Waals surface area contributed by atoms with Crippen molar-refractivity contribution in [3.63, 3.8) is 0 Å². The predicted octanol–water partition coefficient (Wildman–Crippen LogP) is 4.81. The zero-order valence-electron chi connectivity index (χ0n) is 11.2. The summed E-state index contributed by atoms with van der Waals surface area (Å²) in [5.41, 5.74) is 0.975. The molecule has 6 heteroatoms. The Bertz CT molecular complexity index is 760. The van der Waals surface area contributed by atoms with Crippen molar-refractivity contribution < 1.29 is 12.8 Å². The number of hydrogen-bond acceptors (Lipinski definition) is 2. The number of sulfone groups is 1. The predicted molar refractivity (Wildman–Crippen MR) is 83.9 cm³/mol. The van der Waals surface area contributed by atoms with Crippen LogP contribution in [0.3, 0.4) is 0 Å². The first kappa shape index (κ1) is 16.3. The van der Waals surface area contributed by atoms with E-state index in [1.54, 1.807) is 25.1 Å². The Balaban J connectivity index is 2.28. The number of rotatable bonds is 4. The van der Waals surface area contributed by atoms with Crippen molar-refractivity contribution in [2.45, 2.75) is 17.9 Å². The molecule has 0 aromatic heterocycles. The Kier molecular flexibility index (Phi) is 4.91. The first-order valence-electron chi connectivity index (χ1n) is 6.20. The van der Waals surface area contributed by atoms with Crippen LogP contribution >= 0.6 is 23.2 Å². The minimum Gasteiger partial charge on any atom is -0.228 e. The Hall–Kier alpha value is -1.10. The van der Waals surface area contributed by atoms with Gasteiger partial charge in [0, 0.05) is 0 Å². The zero-order valence-corrected chi connectivity index (χ0v) is 13.5. The molecule has 2 aromatic rings. The highest BCUT2D eigenvalue weighted by molar-refractivity contribution is 7.90. The molecule has 2 rings (SSSR count). The normalized spacial score (nSPS) is 13.1. The third-order valence-corrected chi connectivity index (χ3v) is 6.03. The minimum atomic E-state index is -3.48. The van der Waals surface area contributed by atoms with Gasteiger partial charge in [0.1, 0.15) is 5.82 Å². The van der Waals surface area contributed by atoms with Gasteiger partial charge in [0.05, 0.1) is 21.0 Å². The molecule has 0 saturated heterocycles. The van der Waals surface area contributed by atoms with E-state index in [0.29, 0.717) is 21.2 Å². The average Bonchev–Trinajstić information content (AvgIpc) is 2.40. The van der Waals surface area contributed by atoms with E-state index >= 15 is 0 Å². The third kappa shape index (κ3) is 3.96. The lowest BCUT2D eigenvalue weighted by Crippen LogP contribution is -2.13. The summed E-state index contributed by atoms with van der Waals surface area (Å²) in [6.45, 7) is 1.58. The van der Waals surface area contributed by atoms with Crippen LogP contribution in [0.15, 0.2) is 42.5 Å². The second-order valence-corrected chi connectivity index (χ2v) is 7.89. The fourth-order valence-electron chi connectivity index (χ4n) is 1.96. The van der Waals surface area contributed by atoms with Crippen molar-refractivity contribution in [2.75, 3.05) is 0 Å². The van der Waals surface area contributed by atoms with E-state index in [1.807, 2.05) is 0 Å². The van der Waals surface area contributed by atoms with Crippen molar-refractivity contribution in [3.8, 4) is 0 Å². The van der Waals surface area contributed by atoms with Gasteiger partial charge in [0.2, 0.25) is 0 Å². The maximum Gasteiger partial charge on any atom is 0.161 e. The number of halogens is 3. The van der Waals surface area contributed by atoms with Crippen molar-refractivity contribution >= 4 is 33.0 Å². The van der Waals surface area contributed by atoms with Crippen LogP contribution in [-0.2, 0) is 15.6 Å². The summed E-state index contributed by atoms with van der Waals surface area (Å²) in [5.74, 6) is -0.684. The number of hydrogen-bond donors (Lipinski definition) is 0. The molecular formula is C15H13Cl2FO2S. The van der Waals surface area contributed by atoms with Gasteiger partial charge in [-0.1, -0.05) is 41.4 Å². The molecule has 0 bridgehead atoms. The lowest BCUT2D eigenvalue weighted by Gasteiger charge is -2.14. The van der Waals surface area contributed by atoms with Gasteiger partial charge in [-0.25, -0.2) is 12.8 Å². The van der Waals surface area contributed by atoms with Crippen LogP contribution in [0.1, 0.15) is 23.3 Å². The topological polar surface area (TPSA) is 34.1 Å². The molecule has 2 aromatic carbocycles. The van der Waals surface area contributed by atoms with E-state index in [4.69, 9.17) is 23.2 Å². The van der Waals surface area contributed by atoms with Gasteiger partial charge in [-0.3, -0.25) is 0 Å². The minimum absolute atomic E-state index is 0.230. The van der Waals surface area contributed by atoms with Crippen LogP contribution in [0.5, 0.6) is 0 Å². The molecule has 0 spiro atoms. The molecule has 1 unspecified atom stereocenters. The van der Waals surface area contributed by atoms with E-state index in [0.717, 1.165) is 0 Å². The molecule has 21 heavy (non-hydrogen) atoms. The molecule has 0 heterocycles. The van der Waals surface area contributed by atoms with Gasteiger partial charge in [-0.15, -0.1) is 0 Å². The van der Waals surface area contributed by atoms with Gasteiger partial charge in [0.25, 0.3) is 0 Å².